The van der Waals surface area contributed by atoms with Gasteiger partial charge in [-0.2, -0.15) is 0 Å². The first-order chi connectivity index (χ1) is 5.66. The summed E-state index contributed by atoms with van der Waals surface area (Å²) in [7, 11) is 0. The van der Waals surface area contributed by atoms with E-state index in [-0.39, 0.29) is 11.4 Å². The van der Waals surface area contributed by atoms with E-state index in [1.807, 2.05) is 0 Å². The first-order valence-electron chi connectivity index (χ1n) is 3.21. The van der Waals surface area contributed by atoms with E-state index in [9.17, 15) is 13.6 Å². The minimum atomic E-state index is -2.77. The van der Waals surface area contributed by atoms with Crippen LogP contribution in [-0.2, 0) is 5.88 Å². The molecular formula is C7H6ClF2NO. The molecule has 1 heterocycles. The largest absolute Gasteiger partial charge is 0.329 e. The number of alkyl halides is 3. The molecule has 0 fully saturated rings. The molecule has 1 N–H and O–H groups in total. The van der Waals surface area contributed by atoms with Crippen molar-refractivity contribution in [1.29, 1.82) is 0 Å². The van der Waals surface area contributed by atoms with E-state index >= 15 is 0 Å². The lowest BCUT2D eigenvalue weighted by molar-refractivity contribution is 0.148. The van der Waals surface area contributed by atoms with E-state index in [1.165, 1.54) is 12.3 Å². The number of aromatic amines is 1. The maximum Gasteiger partial charge on any atom is 0.269 e. The molecule has 0 aliphatic heterocycles. The fourth-order valence-corrected chi connectivity index (χ4v) is 1.12. The van der Waals surface area contributed by atoms with Crippen molar-refractivity contribution in [1.82, 2.24) is 4.98 Å². The highest BCUT2D eigenvalue weighted by molar-refractivity contribution is 6.17. The first-order valence-corrected chi connectivity index (χ1v) is 3.75. The maximum atomic E-state index is 12.2. The first kappa shape index (κ1) is 9.19. The van der Waals surface area contributed by atoms with Crippen molar-refractivity contribution in [3.05, 3.63) is 33.7 Å². The van der Waals surface area contributed by atoms with Crippen molar-refractivity contribution < 1.29 is 8.78 Å². The highest BCUT2D eigenvalue weighted by Gasteiger charge is 2.15. The second-order valence-corrected chi connectivity index (χ2v) is 2.45. The van der Waals surface area contributed by atoms with Gasteiger partial charge in [-0.05, 0) is 11.6 Å². The van der Waals surface area contributed by atoms with Crippen molar-refractivity contribution in [3.8, 4) is 0 Å². The number of aromatic nitrogens is 1. The summed E-state index contributed by atoms with van der Waals surface area (Å²) in [6, 6.07) is 1.37. The summed E-state index contributed by atoms with van der Waals surface area (Å²) in [6.07, 6.45) is -1.48. The number of rotatable bonds is 2. The second-order valence-electron chi connectivity index (χ2n) is 2.18. The van der Waals surface area contributed by atoms with E-state index in [0.29, 0.717) is 0 Å². The zero-order valence-corrected chi connectivity index (χ0v) is 6.74. The Morgan fingerprint density at radius 2 is 2.25 bits per heavy atom. The molecule has 2 nitrogen and oxygen atoms in total. The van der Waals surface area contributed by atoms with Crippen LogP contribution in [-0.4, -0.2) is 4.98 Å². The molecule has 1 aromatic rings. The van der Waals surface area contributed by atoms with Crippen molar-refractivity contribution in [2.75, 3.05) is 0 Å². The number of hydrogen-bond acceptors (Lipinski definition) is 1. The second kappa shape index (κ2) is 3.67. The molecular weight excluding hydrogens is 188 g/mol. The molecule has 0 aliphatic rings. The third-order valence-corrected chi connectivity index (χ3v) is 1.74. The standard InChI is InChI=1S/C7H6ClF2NO/c8-3-4-1-2-11-7(12)5(4)6(9)10/h1-2,6H,3H2,(H,11,12). The van der Waals surface area contributed by atoms with Gasteiger partial charge in [0.25, 0.3) is 12.0 Å². The van der Waals surface area contributed by atoms with Crippen LogP contribution in [0, 0.1) is 0 Å². The number of hydrogen-bond donors (Lipinski definition) is 1. The molecule has 0 spiro atoms. The molecule has 12 heavy (non-hydrogen) atoms. The summed E-state index contributed by atoms with van der Waals surface area (Å²) >= 11 is 5.36. The summed E-state index contributed by atoms with van der Waals surface area (Å²) in [5, 5.41) is 0. The minimum Gasteiger partial charge on any atom is -0.329 e. The third kappa shape index (κ3) is 1.64. The average Bonchev–Trinajstić information content (AvgIpc) is 2.03. The molecule has 0 atom stereocenters. The Morgan fingerprint density at radius 1 is 1.58 bits per heavy atom. The Morgan fingerprint density at radius 3 is 2.67 bits per heavy atom. The summed E-state index contributed by atoms with van der Waals surface area (Å²) in [5.41, 5.74) is -1.13. The van der Waals surface area contributed by atoms with Crippen LogP contribution in [0.3, 0.4) is 0 Å². The summed E-state index contributed by atoms with van der Waals surface area (Å²) in [5.74, 6) is -0.0798. The van der Waals surface area contributed by atoms with E-state index in [4.69, 9.17) is 11.6 Å². The third-order valence-electron chi connectivity index (χ3n) is 1.45. The summed E-state index contributed by atoms with van der Waals surface area (Å²) < 4.78 is 24.4. The van der Waals surface area contributed by atoms with Crippen LogP contribution in [0.4, 0.5) is 8.78 Å². The summed E-state index contributed by atoms with van der Waals surface area (Å²) in [4.78, 5) is 13.0. The fraction of sp³-hybridized carbons (Fsp3) is 0.286. The van der Waals surface area contributed by atoms with Gasteiger partial charge in [0.15, 0.2) is 0 Å². The Kier molecular flexibility index (Phi) is 2.81. The Labute approximate surface area is 72.2 Å². The molecule has 0 aliphatic carbocycles. The van der Waals surface area contributed by atoms with Crippen molar-refractivity contribution in [3.63, 3.8) is 0 Å². The highest BCUT2D eigenvalue weighted by atomic mass is 35.5. The van der Waals surface area contributed by atoms with Crippen LogP contribution in [0.2, 0.25) is 0 Å². The molecule has 1 aromatic heterocycles. The number of pyridine rings is 1. The van der Waals surface area contributed by atoms with Crippen LogP contribution in [0.25, 0.3) is 0 Å². The molecule has 0 unspecified atom stereocenters. The predicted octanol–water partition coefficient (Wildman–Crippen LogP) is 2.05. The molecule has 0 saturated heterocycles. The molecule has 0 aromatic carbocycles. The van der Waals surface area contributed by atoms with Gasteiger partial charge in [-0.1, -0.05) is 0 Å². The van der Waals surface area contributed by atoms with Gasteiger partial charge in [0.1, 0.15) is 0 Å². The molecule has 5 heteroatoms. The Balaban J connectivity index is 3.30. The Hall–Kier alpha value is -0.900. The lowest BCUT2D eigenvalue weighted by atomic mass is 10.2. The lowest BCUT2D eigenvalue weighted by Crippen LogP contribution is -2.14. The van der Waals surface area contributed by atoms with Crippen molar-refractivity contribution >= 4 is 11.6 Å². The fourth-order valence-electron chi connectivity index (χ4n) is 0.887. The topological polar surface area (TPSA) is 32.9 Å². The highest BCUT2D eigenvalue weighted by Crippen LogP contribution is 2.19. The van der Waals surface area contributed by atoms with Crippen LogP contribution < -0.4 is 5.56 Å². The van der Waals surface area contributed by atoms with Crippen molar-refractivity contribution in [2.45, 2.75) is 12.3 Å². The van der Waals surface area contributed by atoms with Crippen molar-refractivity contribution in [2.24, 2.45) is 0 Å². The maximum absolute atomic E-state index is 12.2. The van der Waals surface area contributed by atoms with E-state index in [0.717, 1.165) is 0 Å². The smallest absolute Gasteiger partial charge is 0.269 e. The van der Waals surface area contributed by atoms with Gasteiger partial charge in [-0.15, -0.1) is 11.6 Å². The van der Waals surface area contributed by atoms with Gasteiger partial charge in [-0.3, -0.25) is 4.79 Å². The van der Waals surface area contributed by atoms with E-state index < -0.39 is 17.5 Å². The normalized spacial score (nSPS) is 10.7. The zero-order chi connectivity index (χ0) is 9.14. The van der Waals surface area contributed by atoms with Gasteiger partial charge < -0.3 is 4.98 Å². The van der Waals surface area contributed by atoms with Crippen LogP contribution in [0.15, 0.2) is 17.1 Å². The number of halogens is 3. The zero-order valence-electron chi connectivity index (χ0n) is 5.98. The monoisotopic (exact) mass is 193 g/mol. The molecule has 66 valence electrons. The van der Waals surface area contributed by atoms with Crippen LogP contribution >= 0.6 is 11.6 Å². The quantitative estimate of drug-likeness (QED) is 0.717. The van der Waals surface area contributed by atoms with Crippen LogP contribution in [0.1, 0.15) is 17.6 Å². The molecule has 0 bridgehead atoms. The molecule has 1 rings (SSSR count). The average molecular weight is 194 g/mol. The predicted molar refractivity (Wildman–Crippen MR) is 41.6 cm³/mol. The molecule has 0 saturated carbocycles. The van der Waals surface area contributed by atoms with Gasteiger partial charge in [0.05, 0.1) is 5.56 Å². The van der Waals surface area contributed by atoms with Gasteiger partial charge in [-0.25, -0.2) is 8.78 Å². The lowest BCUT2D eigenvalue weighted by Gasteiger charge is -2.02. The van der Waals surface area contributed by atoms with Crippen LogP contribution in [0.5, 0.6) is 0 Å². The van der Waals surface area contributed by atoms with E-state index in [2.05, 4.69) is 4.98 Å². The summed E-state index contributed by atoms with van der Waals surface area (Å²) in [6.45, 7) is 0. The number of H-pyrrole nitrogens is 1. The van der Waals surface area contributed by atoms with Gasteiger partial charge >= 0.3 is 0 Å². The van der Waals surface area contributed by atoms with Gasteiger partial charge in [0, 0.05) is 12.1 Å². The van der Waals surface area contributed by atoms with Gasteiger partial charge in [0.2, 0.25) is 0 Å². The Bertz CT molecular complexity index is 323. The minimum absolute atomic E-state index is 0.0798. The van der Waals surface area contributed by atoms with E-state index in [1.54, 1.807) is 0 Å². The SMILES string of the molecule is O=c1[nH]ccc(CCl)c1C(F)F. The number of nitrogens with one attached hydrogen (secondary N) is 1. The molecule has 0 amide bonds. The molecule has 0 radical (unpaired) electrons.